The van der Waals surface area contributed by atoms with E-state index in [4.69, 9.17) is 11.5 Å². The molecule has 246 valence electrons. The maximum absolute atomic E-state index is 12.2. The highest BCUT2D eigenvalue weighted by atomic mass is 16.2. The second-order valence-electron chi connectivity index (χ2n) is 11.0. The predicted octanol–water partition coefficient (Wildman–Crippen LogP) is 5.37. The smallest absolute Gasteiger partial charge is 0.253 e. The van der Waals surface area contributed by atoms with E-state index in [2.05, 4.69) is 40.6 Å². The molecule has 0 radical (unpaired) electrons. The van der Waals surface area contributed by atoms with E-state index < -0.39 is 0 Å². The third-order valence-corrected chi connectivity index (χ3v) is 7.24. The molecule has 0 aliphatic rings. The second-order valence-corrected chi connectivity index (χ2v) is 11.0. The molecule has 48 heavy (non-hydrogen) atoms. The van der Waals surface area contributed by atoms with Crippen molar-refractivity contribution in [2.24, 2.45) is 20.5 Å². The number of hydrogen-bond acceptors (Lipinski definition) is 12. The van der Waals surface area contributed by atoms with Gasteiger partial charge < -0.3 is 21.3 Å². The largest absolute Gasteiger partial charge is 0.382 e. The number of rotatable bonds is 10. The maximum atomic E-state index is 12.2. The quantitative estimate of drug-likeness (QED) is 0.188. The second kappa shape index (κ2) is 14.0. The van der Waals surface area contributed by atoms with Gasteiger partial charge in [0.1, 0.15) is 6.33 Å². The Morgan fingerprint density at radius 3 is 1.35 bits per heavy atom. The van der Waals surface area contributed by atoms with E-state index in [1.54, 1.807) is 82.8 Å². The van der Waals surface area contributed by atoms with Gasteiger partial charge in [0.05, 0.1) is 22.8 Å². The van der Waals surface area contributed by atoms with Crippen molar-refractivity contribution in [1.29, 1.82) is 0 Å². The van der Waals surface area contributed by atoms with Crippen LogP contribution in [0.2, 0.25) is 0 Å². The molecule has 5 rings (SSSR count). The van der Waals surface area contributed by atoms with E-state index in [-0.39, 0.29) is 23.5 Å². The van der Waals surface area contributed by atoms with Crippen molar-refractivity contribution >= 4 is 46.2 Å². The Labute approximate surface area is 276 Å². The van der Waals surface area contributed by atoms with Gasteiger partial charge >= 0.3 is 0 Å². The molecule has 0 fully saturated rings. The zero-order valence-electron chi connectivity index (χ0n) is 27.5. The standard InChI is InChI=1S/C32H36N14O2/c1-7-23-27(39-37-21-13-9-19(10-14-21)31(47)43(3)4)29(33)45(41-23)25-17-26(36-18-35-25)46-30(34)28(24(8-2)42-46)40-38-22-15-11-20(12-16-22)32(48)44(5)6/h9-18H,7-8,33-34H2,1-6H3/b39-37+,40-38+. The first-order valence-corrected chi connectivity index (χ1v) is 15.1. The summed E-state index contributed by atoms with van der Waals surface area (Å²) in [4.78, 5) is 36.2. The fourth-order valence-corrected chi connectivity index (χ4v) is 4.63. The summed E-state index contributed by atoms with van der Waals surface area (Å²) < 4.78 is 2.92. The highest BCUT2D eigenvalue weighted by Crippen LogP contribution is 2.33. The summed E-state index contributed by atoms with van der Waals surface area (Å²) in [5.74, 6) is 0.981. The van der Waals surface area contributed by atoms with Crippen LogP contribution in [0.3, 0.4) is 0 Å². The Morgan fingerprint density at radius 2 is 1.02 bits per heavy atom. The van der Waals surface area contributed by atoms with Crippen LogP contribution in [0.4, 0.5) is 34.4 Å². The first-order chi connectivity index (χ1) is 23.0. The summed E-state index contributed by atoms with van der Waals surface area (Å²) in [6, 6.07) is 15.2. The van der Waals surface area contributed by atoms with Gasteiger partial charge in [0.15, 0.2) is 34.6 Å². The number of carbonyl (C=O) groups is 2. The van der Waals surface area contributed by atoms with Crippen LogP contribution < -0.4 is 11.5 Å². The van der Waals surface area contributed by atoms with Crippen LogP contribution in [-0.2, 0) is 12.8 Å². The average molecular weight is 649 g/mol. The summed E-state index contributed by atoms with van der Waals surface area (Å²) in [6.45, 7) is 3.87. The topological polar surface area (TPSA) is 204 Å². The van der Waals surface area contributed by atoms with Gasteiger partial charge in [-0.3, -0.25) is 9.59 Å². The van der Waals surface area contributed by atoms with Crippen molar-refractivity contribution in [3.8, 4) is 11.6 Å². The highest BCUT2D eigenvalue weighted by Gasteiger charge is 2.20. The zero-order valence-corrected chi connectivity index (χ0v) is 27.5. The van der Waals surface area contributed by atoms with Gasteiger partial charge in [-0.05, 0) is 61.4 Å². The lowest BCUT2D eigenvalue weighted by Crippen LogP contribution is -2.21. The maximum Gasteiger partial charge on any atom is 0.253 e. The van der Waals surface area contributed by atoms with Gasteiger partial charge in [-0.1, -0.05) is 13.8 Å². The Balaban J connectivity index is 1.42. The van der Waals surface area contributed by atoms with Crippen LogP contribution in [0, 0.1) is 0 Å². The number of aryl methyl sites for hydroxylation is 2. The van der Waals surface area contributed by atoms with Gasteiger partial charge in [0.2, 0.25) is 0 Å². The van der Waals surface area contributed by atoms with E-state index in [0.29, 0.717) is 69.7 Å². The lowest BCUT2D eigenvalue weighted by atomic mass is 10.2. The summed E-state index contributed by atoms with van der Waals surface area (Å²) >= 11 is 0. The molecule has 3 aromatic heterocycles. The van der Waals surface area contributed by atoms with Crippen LogP contribution in [0.25, 0.3) is 11.6 Å². The van der Waals surface area contributed by atoms with E-state index in [9.17, 15) is 9.59 Å². The van der Waals surface area contributed by atoms with Gasteiger partial charge in [-0.2, -0.15) is 29.8 Å². The summed E-state index contributed by atoms with van der Waals surface area (Å²) in [6.07, 6.45) is 2.43. The minimum absolute atomic E-state index is 0.106. The molecular weight excluding hydrogens is 612 g/mol. The van der Waals surface area contributed by atoms with Gasteiger partial charge in [-0.15, -0.1) is 10.2 Å². The highest BCUT2D eigenvalue weighted by molar-refractivity contribution is 5.94. The number of amides is 2. The molecule has 16 nitrogen and oxygen atoms in total. The van der Waals surface area contributed by atoms with E-state index >= 15 is 0 Å². The molecule has 0 unspecified atom stereocenters. The molecule has 0 aliphatic carbocycles. The van der Waals surface area contributed by atoms with E-state index in [0.717, 1.165) is 0 Å². The van der Waals surface area contributed by atoms with Crippen LogP contribution >= 0.6 is 0 Å². The Bertz CT molecular complexity index is 1860. The monoisotopic (exact) mass is 648 g/mol. The normalized spacial score (nSPS) is 11.5. The van der Waals surface area contributed by atoms with Crippen molar-refractivity contribution in [3.05, 3.63) is 83.4 Å². The Kier molecular flexibility index (Phi) is 9.63. The summed E-state index contributed by atoms with van der Waals surface area (Å²) in [5, 5.41) is 26.7. The lowest BCUT2D eigenvalue weighted by Gasteiger charge is -2.09. The third-order valence-electron chi connectivity index (χ3n) is 7.24. The van der Waals surface area contributed by atoms with Crippen molar-refractivity contribution in [2.45, 2.75) is 26.7 Å². The van der Waals surface area contributed by atoms with E-state index in [1.165, 1.54) is 25.5 Å². The number of nitrogen functional groups attached to an aromatic ring is 2. The molecule has 16 heteroatoms. The molecule has 0 bridgehead atoms. The molecule has 0 saturated heterocycles. The van der Waals surface area contributed by atoms with Crippen LogP contribution in [0.15, 0.2) is 81.4 Å². The van der Waals surface area contributed by atoms with Gasteiger partial charge in [0.25, 0.3) is 11.8 Å². The minimum Gasteiger partial charge on any atom is -0.382 e. The van der Waals surface area contributed by atoms with E-state index in [1.807, 2.05) is 13.8 Å². The molecule has 3 heterocycles. The Hall–Kier alpha value is -6.32. The molecule has 0 atom stereocenters. The van der Waals surface area contributed by atoms with Crippen LogP contribution in [0.5, 0.6) is 0 Å². The molecule has 5 aromatic rings. The number of hydrogen-bond donors (Lipinski definition) is 2. The van der Waals surface area contributed by atoms with Crippen molar-refractivity contribution in [1.82, 2.24) is 39.3 Å². The molecule has 0 saturated carbocycles. The fourth-order valence-electron chi connectivity index (χ4n) is 4.63. The lowest BCUT2D eigenvalue weighted by molar-refractivity contribution is 0.0820. The van der Waals surface area contributed by atoms with Gasteiger partial charge in [-0.25, -0.2) is 9.97 Å². The van der Waals surface area contributed by atoms with Crippen molar-refractivity contribution in [2.75, 3.05) is 39.7 Å². The fraction of sp³-hybridized carbons (Fsp3) is 0.250. The number of nitrogens with zero attached hydrogens (tertiary/aromatic N) is 12. The van der Waals surface area contributed by atoms with Crippen LogP contribution in [0.1, 0.15) is 46.0 Å². The minimum atomic E-state index is -0.106. The summed E-state index contributed by atoms with van der Waals surface area (Å²) in [7, 11) is 6.78. The number of aromatic nitrogens is 6. The third kappa shape index (κ3) is 6.76. The number of azo groups is 2. The first-order valence-electron chi connectivity index (χ1n) is 15.1. The molecule has 0 spiro atoms. The predicted molar refractivity (Wildman–Crippen MR) is 181 cm³/mol. The number of benzene rings is 2. The zero-order chi connectivity index (χ0) is 34.5. The SMILES string of the molecule is CCc1nn(-c2cc(-n3nc(CC)c(/N=N/c4ccc(C(=O)N(C)C)cc4)c3N)ncn2)c(N)c1/N=N/c1ccc(C(=O)N(C)C)cc1. The number of carbonyl (C=O) groups excluding carboxylic acids is 2. The Morgan fingerprint density at radius 1 is 0.646 bits per heavy atom. The average Bonchev–Trinajstić information content (AvgIpc) is 3.60. The molecule has 0 aliphatic heterocycles. The molecule has 2 aromatic carbocycles. The first kappa shape index (κ1) is 33.1. The van der Waals surface area contributed by atoms with Crippen molar-refractivity contribution < 1.29 is 9.59 Å². The molecular formula is C32H36N14O2. The van der Waals surface area contributed by atoms with Crippen molar-refractivity contribution in [3.63, 3.8) is 0 Å². The number of anilines is 2. The molecule has 4 N–H and O–H groups in total. The van der Waals surface area contributed by atoms with Crippen LogP contribution in [-0.4, -0.2) is 79.3 Å². The summed E-state index contributed by atoms with van der Waals surface area (Å²) in [5.41, 5.74) is 17.3. The molecule has 2 amide bonds. The number of nitrogens with two attached hydrogens (primary N) is 2. The van der Waals surface area contributed by atoms with Gasteiger partial charge in [0, 0.05) is 45.4 Å².